The maximum Gasteiger partial charge on any atom is 0.220 e. The molecule has 0 fully saturated rings. The van der Waals surface area contributed by atoms with E-state index in [0.29, 0.717) is 25.3 Å². The van der Waals surface area contributed by atoms with Gasteiger partial charge in [-0.15, -0.1) is 11.6 Å². The van der Waals surface area contributed by atoms with E-state index >= 15 is 0 Å². The van der Waals surface area contributed by atoms with Gasteiger partial charge in [-0.3, -0.25) is 4.79 Å². The Morgan fingerprint density at radius 2 is 2.46 bits per heavy atom. The van der Waals surface area contributed by atoms with Crippen molar-refractivity contribution in [2.24, 2.45) is 0 Å². The number of carbonyl (C=O) groups excluding carboxylic acids is 1. The summed E-state index contributed by atoms with van der Waals surface area (Å²) < 4.78 is 5.08. The maximum atomic E-state index is 11.1. The van der Waals surface area contributed by atoms with Gasteiger partial charge >= 0.3 is 0 Å². The van der Waals surface area contributed by atoms with Gasteiger partial charge in [0, 0.05) is 25.3 Å². The second-order valence-corrected chi connectivity index (χ2v) is 3.00. The van der Waals surface area contributed by atoms with Crippen LogP contribution < -0.4 is 5.32 Å². The lowest BCUT2D eigenvalue weighted by molar-refractivity contribution is -0.121. The van der Waals surface area contributed by atoms with Crippen LogP contribution >= 0.6 is 11.6 Å². The molecular weight excluding hydrogens is 190 g/mol. The summed E-state index contributed by atoms with van der Waals surface area (Å²) in [6.45, 7) is 0.526. The third-order valence-corrected chi connectivity index (χ3v) is 1.78. The molecule has 0 aromatic carbocycles. The van der Waals surface area contributed by atoms with Gasteiger partial charge in [0.2, 0.25) is 5.91 Å². The fourth-order valence-electron chi connectivity index (χ4n) is 0.967. The topological polar surface area (TPSA) is 42.2 Å². The van der Waals surface area contributed by atoms with Gasteiger partial charge in [0.25, 0.3) is 0 Å². The van der Waals surface area contributed by atoms with Gasteiger partial charge in [0.05, 0.1) is 6.26 Å². The molecule has 0 saturated carbocycles. The number of alkyl halides is 1. The number of rotatable bonds is 5. The summed E-state index contributed by atoms with van der Waals surface area (Å²) in [4.78, 5) is 11.1. The predicted octanol–water partition coefficient (Wildman–Crippen LogP) is 1.57. The molecule has 0 radical (unpaired) electrons. The molecule has 1 amide bonds. The zero-order chi connectivity index (χ0) is 9.52. The molecule has 4 heteroatoms. The summed E-state index contributed by atoms with van der Waals surface area (Å²) in [7, 11) is 0. The lowest BCUT2D eigenvalue weighted by Gasteiger charge is -2.00. The predicted molar refractivity (Wildman–Crippen MR) is 50.8 cm³/mol. The molecule has 1 aromatic heterocycles. The van der Waals surface area contributed by atoms with Gasteiger partial charge in [0.1, 0.15) is 5.76 Å². The van der Waals surface area contributed by atoms with Crippen LogP contribution in [0.5, 0.6) is 0 Å². The zero-order valence-corrected chi connectivity index (χ0v) is 8.01. The molecule has 0 saturated heterocycles. The van der Waals surface area contributed by atoms with Gasteiger partial charge in [-0.1, -0.05) is 0 Å². The lowest BCUT2D eigenvalue weighted by atomic mass is 10.2. The van der Waals surface area contributed by atoms with Crippen LogP contribution in [0.2, 0.25) is 0 Å². The summed E-state index contributed by atoms with van der Waals surface area (Å²) >= 11 is 5.41. The first-order valence-electron chi connectivity index (χ1n) is 4.18. The molecule has 72 valence electrons. The van der Waals surface area contributed by atoms with E-state index in [-0.39, 0.29) is 5.91 Å². The van der Waals surface area contributed by atoms with Crippen LogP contribution in [0, 0.1) is 0 Å². The molecule has 0 spiro atoms. The van der Waals surface area contributed by atoms with E-state index in [4.69, 9.17) is 16.0 Å². The molecule has 0 aliphatic carbocycles. The number of furan rings is 1. The van der Waals surface area contributed by atoms with Crippen molar-refractivity contribution in [1.82, 2.24) is 5.32 Å². The number of carbonyl (C=O) groups is 1. The molecule has 1 rings (SSSR count). The standard InChI is InChI=1S/C9H12ClNO2/c10-5-6-11-9(12)4-3-8-2-1-7-13-8/h1-2,7H,3-6H2,(H,11,12). The third kappa shape index (κ3) is 3.99. The molecular formula is C9H12ClNO2. The van der Waals surface area contributed by atoms with E-state index in [1.807, 2.05) is 12.1 Å². The van der Waals surface area contributed by atoms with Crippen molar-refractivity contribution in [3.8, 4) is 0 Å². The molecule has 0 atom stereocenters. The largest absolute Gasteiger partial charge is 0.469 e. The zero-order valence-electron chi connectivity index (χ0n) is 7.25. The first kappa shape index (κ1) is 10.1. The van der Waals surface area contributed by atoms with E-state index in [9.17, 15) is 4.79 Å². The Hall–Kier alpha value is -0.960. The third-order valence-electron chi connectivity index (χ3n) is 1.60. The lowest BCUT2D eigenvalue weighted by Crippen LogP contribution is -2.25. The van der Waals surface area contributed by atoms with Crippen LogP contribution in [-0.2, 0) is 11.2 Å². The van der Waals surface area contributed by atoms with Crippen LogP contribution in [-0.4, -0.2) is 18.3 Å². The van der Waals surface area contributed by atoms with E-state index in [1.54, 1.807) is 6.26 Å². The molecule has 3 nitrogen and oxygen atoms in total. The second-order valence-electron chi connectivity index (χ2n) is 2.62. The molecule has 0 unspecified atom stereocenters. The minimum Gasteiger partial charge on any atom is -0.469 e. The second kappa shape index (κ2) is 5.65. The Morgan fingerprint density at radius 1 is 1.62 bits per heavy atom. The first-order chi connectivity index (χ1) is 6.33. The Morgan fingerprint density at radius 3 is 3.08 bits per heavy atom. The molecule has 0 bridgehead atoms. The monoisotopic (exact) mass is 201 g/mol. The van der Waals surface area contributed by atoms with E-state index in [2.05, 4.69) is 5.32 Å². The SMILES string of the molecule is O=C(CCc1ccco1)NCCCl. The summed E-state index contributed by atoms with van der Waals surface area (Å²) in [5.41, 5.74) is 0. The first-order valence-corrected chi connectivity index (χ1v) is 4.71. The molecule has 0 aliphatic rings. The Balaban J connectivity index is 2.15. The Kier molecular flexibility index (Phi) is 4.40. The maximum absolute atomic E-state index is 11.1. The summed E-state index contributed by atoms with van der Waals surface area (Å²) in [5.74, 6) is 1.30. The van der Waals surface area contributed by atoms with Gasteiger partial charge in [0.15, 0.2) is 0 Å². The van der Waals surface area contributed by atoms with Gasteiger partial charge in [-0.2, -0.15) is 0 Å². The molecule has 1 aromatic rings. The van der Waals surface area contributed by atoms with Gasteiger partial charge in [-0.25, -0.2) is 0 Å². The number of hydrogen-bond donors (Lipinski definition) is 1. The van der Waals surface area contributed by atoms with Crippen molar-refractivity contribution in [3.05, 3.63) is 24.2 Å². The number of halogens is 1. The smallest absolute Gasteiger partial charge is 0.220 e. The normalized spacial score (nSPS) is 9.92. The van der Waals surface area contributed by atoms with Crippen molar-refractivity contribution in [1.29, 1.82) is 0 Å². The Bertz CT molecular complexity index is 246. The minimum absolute atomic E-state index is 0.0112. The van der Waals surface area contributed by atoms with Crippen molar-refractivity contribution in [3.63, 3.8) is 0 Å². The number of aryl methyl sites for hydroxylation is 1. The molecule has 13 heavy (non-hydrogen) atoms. The van der Waals surface area contributed by atoms with Gasteiger partial charge < -0.3 is 9.73 Å². The fourth-order valence-corrected chi connectivity index (χ4v) is 1.06. The molecule has 1 N–H and O–H groups in total. The highest BCUT2D eigenvalue weighted by Gasteiger charge is 2.02. The molecule has 1 heterocycles. The van der Waals surface area contributed by atoms with E-state index in [0.717, 1.165) is 5.76 Å². The van der Waals surface area contributed by atoms with E-state index in [1.165, 1.54) is 0 Å². The average Bonchev–Trinajstić information content (AvgIpc) is 2.64. The number of amides is 1. The fraction of sp³-hybridized carbons (Fsp3) is 0.444. The van der Waals surface area contributed by atoms with Gasteiger partial charge in [-0.05, 0) is 12.1 Å². The Labute approximate surface area is 82.1 Å². The van der Waals surface area contributed by atoms with Crippen molar-refractivity contribution >= 4 is 17.5 Å². The highest BCUT2D eigenvalue weighted by atomic mass is 35.5. The van der Waals surface area contributed by atoms with Crippen LogP contribution in [0.15, 0.2) is 22.8 Å². The van der Waals surface area contributed by atoms with E-state index < -0.39 is 0 Å². The minimum atomic E-state index is 0.0112. The summed E-state index contributed by atoms with van der Waals surface area (Å²) in [5, 5.41) is 2.68. The molecule has 0 aliphatic heterocycles. The van der Waals surface area contributed by atoms with Crippen LogP contribution in [0.4, 0.5) is 0 Å². The van der Waals surface area contributed by atoms with Crippen LogP contribution in [0.1, 0.15) is 12.2 Å². The van der Waals surface area contributed by atoms with Crippen LogP contribution in [0.25, 0.3) is 0 Å². The number of nitrogens with one attached hydrogen (secondary N) is 1. The van der Waals surface area contributed by atoms with Crippen molar-refractivity contribution < 1.29 is 9.21 Å². The van der Waals surface area contributed by atoms with Crippen molar-refractivity contribution in [2.75, 3.05) is 12.4 Å². The van der Waals surface area contributed by atoms with Crippen LogP contribution in [0.3, 0.4) is 0 Å². The quantitative estimate of drug-likeness (QED) is 0.735. The van der Waals surface area contributed by atoms with Crippen molar-refractivity contribution in [2.45, 2.75) is 12.8 Å². The summed E-state index contributed by atoms with van der Waals surface area (Å²) in [6, 6.07) is 3.67. The highest BCUT2D eigenvalue weighted by molar-refractivity contribution is 6.18. The summed E-state index contributed by atoms with van der Waals surface area (Å²) in [6.07, 6.45) is 2.69. The highest BCUT2D eigenvalue weighted by Crippen LogP contribution is 2.02. The number of hydrogen-bond acceptors (Lipinski definition) is 2. The average molecular weight is 202 g/mol.